The van der Waals surface area contributed by atoms with Crippen molar-refractivity contribution in [3.63, 3.8) is 0 Å². The molecular weight excluding hydrogens is 138 g/mol. The van der Waals surface area contributed by atoms with Gasteiger partial charge in [0.15, 0.2) is 0 Å². The Morgan fingerprint density at radius 2 is 2.45 bits per heavy atom. The molecule has 2 heterocycles. The lowest BCUT2D eigenvalue weighted by Gasteiger charge is -2.36. The van der Waals surface area contributed by atoms with Crippen LogP contribution in [0.4, 0.5) is 0 Å². The Hall–Kier alpha value is -0.570. The summed E-state index contributed by atoms with van der Waals surface area (Å²) in [6, 6.07) is 0. The number of hydrogen-bond acceptors (Lipinski definition) is 3. The summed E-state index contributed by atoms with van der Waals surface area (Å²) in [7, 11) is 0. The van der Waals surface area contributed by atoms with Crippen LogP contribution in [-0.2, 0) is 0 Å². The lowest BCUT2D eigenvalue weighted by molar-refractivity contribution is 0.249. The van der Waals surface area contributed by atoms with Crippen LogP contribution in [0, 0.1) is 5.92 Å². The Labute approximate surface area is 67.2 Å². The van der Waals surface area contributed by atoms with Crippen molar-refractivity contribution in [3.05, 3.63) is 0 Å². The van der Waals surface area contributed by atoms with Gasteiger partial charge < -0.3 is 10.7 Å². The van der Waals surface area contributed by atoms with Gasteiger partial charge in [-0.25, -0.2) is 0 Å². The van der Waals surface area contributed by atoms with Crippen molar-refractivity contribution in [3.8, 4) is 0 Å². The van der Waals surface area contributed by atoms with Gasteiger partial charge in [-0.15, -0.1) is 0 Å². The third kappa shape index (κ3) is 0.948. The van der Waals surface area contributed by atoms with Crippen molar-refractivity contribution in [2.24, 2.45) is 11.0 Å². The first-order valence-corrected chi connectivity index (χ1v) is 4.24. The van der Waals surface area contributed by atoms with Crippen molar-refractivity contribution in [2.75, 3.05) is 13.1 Å². The second kappa shape index (κ2) is 2.21. The van der Waals surface area contributed by atoms with Gasteiger partial charge in [-0.2, -0.15) is 5.10 Å². The highest BCUT2D eigenvalue weighted by atomic mass is 15.4. The molecule has 3 heteroatoms. The summed E-state index contributed by atoms with van der Waals surface area (Å²) in [6.45, 7) is 6.57. The van der Waals surface area contributed by atoms with Gasteiger partial charge in [-0.1, -0.05) is 0 Å². The molecule has 2 aliphatic rings. The first-order chi connectivity index (χ1) is 5.22. The molecule has 0 aliphatic carbocycles. The molecule has 2 N–H and O–H groups in total. The molecule has 0 saturated carbocycles. The normalized spacial score (nSPS) is 42.7. The van der Waals surface area contributed by atoms with Gasteiger partial charge in [-0.3, -0.25) is 0 Å². The van der Waals surface area contributed by atoms with Crippen LogP contribution in [0.5, 0.6) is 0 Å². The van der Waals surface area contributed by atoms with Crippen LogP contribution in [0.2, 0.25) is 0 Å². The van der Waals surface area contributed by atoms with E-state index in [1.54, 1.807) is 0 Å². The first kappa shape index (κ1) is 7.10. The molecule has 0 bridgehead atoms. The van der Waals surface area contributed by atoms with E-state index < -0.39 is 0 Å². The largest absolute Gasteiger partial charge is 0.316 e. The Bertz CT molecular complexity index is 200. The summed E-state index contributed by atoms with van der Waals surface area (Å²) in [5, 5.41) is 7.67. The maximum Gasteiger partial charge on any atom is 0.0625 e. The average molecular weight is 153 g/mol. The van der Waals surface area contributed by atoms with Crippen LogP contribution in [0.25, 0.3) is 0 Å². The molecule has 0 aromatic carbocycles. The van der Waals surface area contributed by atoms with Gasteiger partial charge in [0.05, 0.1) is 5.54 Å². The van der Waals surface area contributed by atoms with E-state index >= 15 is 0 Å². The minimum Gasteiger partial charge on any atom is -0.316 e. The third-order valence-electron chi connectivity index (χ3n) is 2.93. The molecule has 1 fully saturated rings. The van der Waals surface area contributed by atoms with Crippen LogP contribution < -0.4 is 10.7 Å². The molecule has 0 aromatic heterocycles. The van der Waals surface area contributed by atoms with E-state index in [4.69, 9.17) is 0 Å². The van der Waals surface area contributed by atoms with Crippen LogP contribution in [0.3, 0.4) is 0 Å². The van der Waals surface area contributed by atoms with E-state index in [1.807, 2.05) is 0 Å². The molecule has 2 atom stereocenters. The second-order valence-electron chi connectivity index (χ2n) is 3.79. The molecule has 62 valence electrons. The fraction of sp³-hybridized carbons (Fsp3) is 0.875. The zero-order chi connectivity index (χ0) is 7.90. The third-order valence-corrected chi connectivity index (χ3v) is 2.93. The van der Waals surface area contributed by atoms with Crippen LogP contribution >= 0.6 is 0 Å². The summed E-state index contributed by atoms with van der Waals surface area (Å²) in [6.07, 6.45) is 1.18. The lowest BCUT2D eigenvalue weighted by atomic mass is 9.79. The number of hydrazone groups is 1. The van der Waals surface area contributed by atoms with E-state index in [-0.39, 0.29) is 5.54 Å². The maximum absolute atomic E-state index is 4.28. The van der Waals surface area contributed by atoms with Crippen molar-refractivity contribution in [2.45, 2.75) is 25.8 Å². The smallest absolute Gasteiger partial charge is 0.0625 e. The average Bonchev–Trinajstić information content (AvgIpc) is 2.29. The summed E-state index contributed by atoms with van der Waals surface area (Å²) in [4.78, 5) is 0. The fourth-order valence-corrected chi connectivity index (χ4v) is 2.03. The van der Waals surface area contributed by atoms with Crippen molar-refractivity contribution in [1.29, 1.82) is 0 Å². The van der Waals surface area contributed by atoms with Crippen LogP contribution in [0.1, 0.15) is 20.3 Å². The van der Waals surface area contributed by atoms with Crippen LogP contribution in [0.15, 0.2) is 5.10 Å². The number of rotatable bonds is 0. The summed E-state index contributed by atoms with van der Waals surface area (Å²) in [5.74, 6) is 0.608. The molecule has 2 aliphatic heterocycles. The lowest BCUT2D eigenvalue weighted by Crippen LogP contribution is -2.53. The zero-order valence-corrected chi connectivity index (χ0v) is 7.15. The van der Waals surface area contributed by atoms with Gasteiger partial charge in [-0.05, 0) is 26.8 Å². The van der Waals surface area contributed by atoms with E-state index in [2.05, 4.69) is 29.7 Å². The molecule has 2 rings (SSSR count). The summed E-state index contributed by atoms with van der Waals surface area (Å²) < 4.78 is 0. The summed E-state index contributed by atoms with van der Waals surface area (Å²) >= 11 is 0. The molecule has 0 radical (unpaired) electrons. The van der Waals surface area contributed by atoms with Gasteiger partial charge in [0.2, 0.25) is 0 Å². The van der Waals surface area contributed by atoms with Gasteiger partial charge in [0, 0.05) is 18.2 Å². The minimum atomic E-state index is 0.245. The van der Waals surface area contributed by atoms with E-state index in [0.717, 1.165) is 13.1 Å². The molecule has 2 unspecified atom stereocenters. The Kier molecular flexibility index (Phi) is 1.42. The predicted octanol–water partition coefficient (Wildman–Crippen LogP) is 0.334. The minimum absolute atomic E-state index is 0.245. The van der Waals surface area contributed by atoms with Crippen molar-refractivity contribution < 1.29 is 0 Å². The standard InChI is InChI=1S/C8H15N3/c1-6-7-5-9-4-3-8(7,2)11-10-6/h7,9,11H,3-5H2,1-2H3. The molecule has 0 amide bonds. The monoisotopic (exact) mass is 153 g/mol. The highest BCUT2D eigenvalue weighted by Gasteiger charge is 2.41. The molecule has 0 spiro atoms. The second-order valence-corrected chi connectivity index (χ2v) is 3.79. The van der Waals surface area contributed by atoms with Crippen molar-refractivity contribution >= 4 is 5.71 Å². The van der Waals surface area contributed by atoms with Crippen LogP contribution in [-0.4, -0.2) is 24.3 Å². The molecule has 11 heavy (non-hydrogen) atoms. The molecule has 3 nitrogen and oxygen atoms in total. The quantitative estimate of drug-likeness (QED) is 0.526. The topological polar surface area (TPSA) is 36.4 Å². The predicted molar refractivity (Wildman–Crippen MR) is 45.6 cm³/mol. The van der Waals surface area contributed by atoms with E-state index in [1.165, 1.54) is 12.1 Å². The highest BCUT2D eigenvalue weighted by Crippen LogP contribution is 2.29. The highest BCUT2D eigenvalue weighted by molar-refractivity contribution is 5.87. The molecule has 1 saturated heterocycles. The number of nitrogens with one attached hydrogen (secondary N) is 2. The van der Waals surface area contributed by atoms with E-state index in [0.29, 0.717) is 5.92 Å². The van der Waals surface area contributed by atoms with Gasteiger partial charge in [0.25, 0.3) is 0 Å². The Balaban J connectivity index is 2.20. The van der Waals surface area contributed by atoms with Crippen molar-refractivity contribution in [1.82, 2.24) is 10.7 Å². The zero-order valence-electron chi connectivity index (χ0n) is 7.15. The SMILES string of the molecule is CC1=NNC2(C)CCNCC12. The Morgan fingerprint density at radius 1 is 1.64 bits per heavy atom. The maximum atomic E-state index is 4.28. The molecule has 0 aromatic rings. The first-order valence-electron chi connectivity index (χ1n) is 4.24. The number of nitrogens with zero attached hydrogens (tertiary/aromatic N) is 1. The van der Waals surface area contributed by atoms with Gasteiger partial charge in [0.1, 0.15) is 0 Å². The number of hydrogen-bond donors (Lipinski definition) is 2. The molecular formula is C8H15N3. The van der Waals surface area contributed by atoms with E-state index in [9.17, 15) is 0 Å². The number of fused-ring (bicyclic) bond motifs is 1. The van der Waals surface area contributed by atoms with Gasteiger partial charge >= 0.3 is 0 Å². The summed E-state index contributed by atoms with van der Waals surface area (Å²) in [5.41, 5.74) is 4.73. The fourth-order valence-electron chi connectivity index (χ4n) is 2.03. The number of piperidine rings is 1. The Morgan fingerprint density at radius 3 is 3.18 bits per heavy atom.